The predicted octanol–water partition coefficient (Wildman–Crippen LogP) is 2.54. The lowest BCUT2D eigenvalue weighted by molar-refractivity contribution is -0.133. The molecule has 6 nitrogen and oxygen atoms in total. The van der Waals surface area contributed by atoms with Crippen molar-refractivity contribution in [2.24, 2.45) is 0 Å². The van der Waals surface area contributed by atoms with Gasteiger partial charge < -0.3 is 14.1 Å². The lowest BCUT2D eigenvalue weighted by Gasteiger charge is -2.31. The second-order valence-corrected chi connectivity index (χ2v) is 6.29. The van der Waals surface area contributed by atoms with E-state index in [1.807, 2.05) is 22.4 Å². The van der Waals surface area contributed by atoms with Crippen LogP contribution in [0.25, 0.3) is 10.8 Å². The predicted molar refractivity (Wildman–Crippen MR) is 82.7 cm³/mol. The van der Waals surface area contributed by atoms with Crippen LogP contribution in [0, 0.1) is 0 Å². The third kappa shape index (κ3) is 3.36. The number of ether oxygens (including phenoxy) is 1. The van der Waals surface area contributed by atoms with Crippen LogP contribution in [0.2, 0.25) is 0 Å². The molecule has 0 bridgehead atoms. The minimum Gasteiger partial charge on any atom is -0.420 e. The zero-order valence-electron chi connectivity index (χ0n) is 12.5. The van der Waals surface area contributed by atoms with E-state index in [-0.39, 0.29) is 11.8 Å². The monoisotopic (exact) mass is 321 g/mol. The molecular formula is C15H19N3O3S. The first-order valence-corrected chi connectivity index (χ1v) is 8.30. The van der Waals surface area contributed by atoms with Gasteiger partial charge in [0.1, 0.15) is 0 Å². The molecule has 0 aliphatic carbocycles. The van der Waals surface area contributed by atoms with E-state index < -0.39 is 0 Å². The first kappa shape index (κ1) is 15.2. The summed E-state index contributed by atoms with van der Waals surface area (Å²) in [5, 5.41) is 10.3. The van der Waals surface area contributed by atoms with Gasteiger partial charge in [-0.15, -0.1) is 21.5 Å². The second kappa shape index (κ2) is 7.02. The first-order chi connectivity index (χ1) is 10.8. The Morgan fingerprint density at radius 2 is 2.45 bits per heavy atom. The van der Waals surface area contributed by atoms with Crippen molar-refractivity contribution in [2.45, 2.75) is 25.2 Å². The molecule has 0 saturated carbocycles. The number of methoxy groups -OCH3 is 1. The highest BCUT2D eigenvalue weighted by atomic mass is 32.1. The third-order valence-corrected chi connectivity index (χ3v) is 4.67. The molecule has 2 aromatic rings. The Morgan fingerprint density at radius 3 is 3.23 bits per heavy atom. The van der Waals surface area contributed by atoms with Gasteiger partial charge in [-0.05, 0) is 24.3 Å². The van der Waals surface area contributed by atoms with Gasteiger partial charge >= 0.3 is 0 Å². The first-order valence-electron chi connectivity index (χ1n) is 7.42. The number of carbonyl (C=O) groups is 1. The number of carbonyl (C=O) groups excluding carboxylic acids is 1. The molecular weight excluding hydrogens is 302 g/mol. The molecule has 0 unspecified atom stereocenters. The maximum Gasteiger partial charge on any atom is 0.257 e. The number of piperidine rings is 1. The van der Waals surface area contributed by atoms with E-state index in [2.05, 4.69) is 10.2 Å². The van der Waals surface area contributed by atoms with Gasteiger partial charge in [-0.25, -0.2) is 0 Å². The van der Waals surface area contributed by atoms with Crippen molar-refractivity contribution in [3.63, 3.8) is 0 Å². The topological polar surface area (TPSA) is 68.5 Å². The second-order valence-electron chi connectivity index (χ2n) is 5.34. The summed E-state index contributed by atoms with van der Waals surface area (Å²) in [6.45, 7) is 1.91. The number of thiophene rings is 1. The van der Waals surface area contributed by atoms with Gasteiger partial charge in [-0.1, -0.05) is 6.07 Å². The van der Waals surface area contributed by atoms with Crippen molar-refractivity contribution in [3.8, 4) is 10.8 Å². The zero-order valence-corrected chi connectivity index (χ0v) is 13.3. The van der Waals surface area contributed by atoms with Crippen LogP contribution in [0.3, 0.4) is 0 Å². The number of likely N-dealkylation sites (tertiary alicyclic amines) is 1. The largest absolute Gasteiger partial charge is 0.420 e. The maximum absolute atomic E-state index is 12.1. The molecule has 1 aliphatic heterocycles. The van der Waals surface area contributed by atoms with Crippen LogP contribution in [0.5, 0.6) is 0 Å². The number of nitrogens with zero attached hydrogens (tertiary/aromatic N) is 3. The molecule has 22 heavy (non-hydrogen) atoms. The van der Waals surface area contributed by atoms with Crippen LogP contribution >= 0.6 is 11.3 Å². The molecule has 0 N–H and O–H groups in total. The highest BCUT2D eigenvalue weighted by molar-refractivity contribution is 7.13. The summed E-state index contributed by atoms with van der Waals surface area (Å²) in [6, 6.07) is 3.92. The van der Waals surface area contributed by atoms with Crippen LogP contribution < -0.4 is 0 Å². The van der Waals surface area contributed by atoms with Crippen molar-refractivity contribution in [1.29, 1.82) is 0 Å². The number of hydrogen-bond acceptors (Lipinski definition) is 6. The van der Waals surface area contributed by atoms with Gasteiger partial charge in [0.15, 0.2) is 0 Å². The van der Waals surface area contributed by atoms with Crippen molar-refractivity contribution < 1.29 is 13.9 Å². The quantitative estimate of drug-likeness (QED) is 0.846. The van der Waals surface area contributed by atoms with Crippen molar-refractivity contribution in [2.75, 3.05) is 26.8 Å². The Hall–Kier alpha value is -1.73. The average Bonchev–Trinajstić information content (AvgIpc) is 3.23. The van der Waals surface area contributed by atoms with Gasteiger partial charge in [0.2, 0.25) is 11.8 Å². The third-order valence-electron chi connectivity index (χ3n) is 3.82. The summed E-state index contributed by atoms with van der Waals surface area (Å²) < 4.78 is 10.8. The molecule has 0 radical (unpaired) electrons. The van der Waals surface area contributed by atoms with Gasteiger partial charge in [-0.3, -0.25) is 4.79 Å². The Bertz CT molecular complexity index is 611. The number of amides is 1. The molecule has 1 amide bonds. The zero-order chi connectivity index (χ0) is 15.4. The van der Waals surface area contributed by atoms with Crippen LogP contribution in [0.4, 0.5) is 0 Å². The fourth-order valence-electron chi connectivity index (χ4n) is 2.65. The fourth-order valence-corrected chi connectivity index (χ4v) is 3.30. The molecule has 0 spiro atoms. The van der Waals surface area contributed by atoms with Crippen LogP contribution in [0.15, 0.2) is 21.9 Å². The van der Waals surface area contributed by atoms with Gasteiger partial charge in [0, 0.05) is 20.2 Å². The number of hydrogen-bond donors (Lipinski definition) is 0. The Balaban J connectivity index is 1.66. The number of rotatable bonds is 5. The average molecular weight is 321 g/mol. The van der Waals surface area contributed by atoms with Gasteiger partial charge in [0.25, 0.3) is 5.89 Å². The van der Waals surface area contributed by atoms with E-state index in [9.17, 15) is 4.79 Å². The molecule has 1 atom stereocenters. The standard InChI is InChI=1S/C15H19N3O3S/c1-20-8-6-13(19)18-7-2-4-11(10-18)14-16-17-15(21-14)12-5-3-9-22-12/h3,5,9,11H,2,4,6-8,10H2,1H3/t11-/m1/s1. The van der Waals surface area contributed by atoms with Crippen LogP contribution in [-0.4, -0.2) is 47.8 Å². The summed E-state index contributed by atoms with van der Waals surface area (Å²) in [5.41, 5.74) is 0. The Kier molecular flexibility index (Phi) is 4.84. The normalized spacial score (nSPS) is 18.6. The molecule has 3 heterocycles. The van der Waals surface area contributed by atoms with E-state index >= 15 is 0 Å². The minimum absolute atomic E-state index is 0.126. The summed E-state index contributed by atoms with van der Waals surface area (Å²) in [5.74, 6) is 1.45. The van der Waals surface area contributed by atoms with Crippen LogP contribution in [0.1, 0.15) is 31.1 Å². The van der Waals surface area contributed by atoms with E-state index in [1.165, 1.54) is 0 Å². The van der Waals surface area contributed by atoms with Gasteiger partial charge in [0.05, 0.1) is 23.8 Å². The summed E-state index contributed by atoms with van der Waals surface area (Å²) >= 11 is 1.58. The summed E-state index contributed by atoms with van der Waals surface area (Å²) in [6.07, 6.45) is 2.35. The molecule has 0 aromatic carbocycles. The summed E-state index contributed by atoms with van der Waals surface area (Å²) in [7, 11) is 1.61. The molecule has 3 rings (SSSR count). The summed E-state index contributed by atoms with van der Waals surface area (Å²) in [4.78, 5) is 15.0. The molecule has 1 fully saturated rings. The van der Waals surface area contributed by atoms with Crippen LogP contribution in [-0.2, 0) is 9.53 Å². The smallest absolute Gasteiger partial charge is 0.257 e. The Labute approximate surface area is 133 Å². The minimum atomic E-state index is 0.126. The Morgan fingerprint density at radius 1 is 1.55 bits per heavy atom. The fraction of sp³-hybridized carbons (Fsp3) is 0.533. The molecule has 7 heteroatoms. The van der Waals surface area contributed by atoms with Crippen molar-refractivity contribution in [1.82, 2.24) is 15.1 Å². The lowest BCUT2D eigenvalue weighted by Crippen LogP contribution is -2.39. The van der Waals surface area contributed by atoms with Gasteiger partial charge in [-0.2, -0.15) is 0 Å². The van der Waals surface area contributed by atoms with E-state index in [1.54, 1.807) is 18.4 Å². The lowest BCUT2D eigenvalue weighted by atomic mass is 9.98. The van der Waals surface area contributed by atoms with Crippen molar-refractivity contribution >= 4 is 17.2 Å². The molecule has 2 aromatic heterocycles. The van der Waals surface area contributed by atoms with E-state index in [0.717, 1.165) is 24.3 Å². The highest BCUT2D eigenvalue weighted by Gasteiger charge is 2.28. The maximum atomic E-state index is 12.1. The van der Waals surface area contributed by atoms with E-state index in [0.29, 0.717) is 31.4 Å². The van der Waals surface area contributed by atoms with Crippen molar-refractivity contribution in [3.05, 3.63) is 23.4 Å². The highest BCUT2D eigenvalue weighted by Crippen LogP contribution is 2.30. The van der Waals surface area contributed by atoms with E-state index in [4.69, 9.17) is 9.15 Å². The molecule has 118 valence electrons. The SMILES string of the molecule is COCCC(=O)N1CCC[C@@H](c2nnc(-c3cccs3)o2)C1. The molecule has 1 saturated heterocycles. The number of aromatic nitrogens is 2. The molecule has 1 aliphatic rings.